The van der Waals surface area contributed by atoms with Crippen molar-refractivity contribution in [1.82, 2.24) is 4.98 Å². The van der Waals surface area contributed by atoms with E-state index >= 15 is 0 Å². The van der Waals surface area contributed by atoms with Crippen molar-refractivity contribution < 1.29 is 5.11 Å². The molecule has 1 aliphatic rings. The molecule has 1 heterocycles. The quantitative estimate of drug-likeness (QED) is 0.820. The van der Waals surface area contributed by atoms with Crippen molar-refractivity contribution in [2.75, 3.05) is 6.54 Å². The van der Waals surface area contributed by atoms with Gasteiger partial charge in [0, 0.05) is 24.9 Å². The molecule has 3 nitrogen and oxygen atoms in total. The molecule has 1 fully saturated rings. The highest BCUT2D eigenvalue weighted by molar-refractivity contribution is 5.17. The molecule has 0 aliphatic heterocycles. The van der Waals surface area contributed by atoms with Crippen LogP contribution in [0.15, 0.2) is 24.5 Å². The minimum absolute atomic E-state index is 0.0543. The van der Waals surface area contributed by atoms with Gasteiger partial charge in [0.1, 0.15) is 0 Å². The maximum absolute atomic E-state index is 10.3. The number of aliphatic hydroxyl groups excluding tert-OH is 1. The number of aromatic nitrogens is 1. The third kappa shape index (κ3) is 3.27. The average molecular weight is 234 g/mol. The van der Waals surface area contributed by atoms with Crippen molar-refractivity contribution in [2.45, 2.75) is 44.1 Å². The van der Waals surface area contributed by atoms with Gasteiger partial charge in [-0.25, -0.2) is 0 Å². The first-order valence-corrected chi connectivity index (χ1v) is 6.59. The SMILES string of the molecule is NCC(c1ccncc1)C(O)CC1CCCC1. The number of pyridine rings is 1. The van der Waals surface area contributed by atoms with Gasteiger partial charge < -0.3 is 10.8 Å². The molecule has 3 N–H and O–H groups in total. The first-order valence-electron chi connectivity index (χ1n) is 6.59. The van der Waals surface area contributed by atoms with E-state index in [1.807, 2.05) is 12.1 Å². The summed E-state index contributed by atoms with van der Waals surface area (Å²) in [4.78, 5) is 4.00. The predicted molar refractivity (Wildman–Crippen MR) is 68.6 cm³/mol. The molecular formula is C14H22N2O. The first-order chi connectivity index (χ1) is 8.31. The Morgan fingerprint density at radius 2 is 1.94 bits per heavy atom. The number of aliphatic hydroxyl groups is 1. The van der Waals surface area contributed by atoms with Gasteiger partial charge in [0.05, 0.1) is 6.10 Å². The summed E-state index contributed by atoms with van der Waals surface area (Å²) < 4.78 is 0. The van der Waals surface area contributed by atoms with Gasteiger partial charge in [0.15, 0.2) is 0 Å². The molecule has 2 atom stereocenters. The van der Waals surface area contributed by atoms with Gasteiger partial charge in [-0.3, -0.25) is 4.98 Å². The number of nitrogens with zero attached hydrogens (tertiary/aromatic N) is 1. The summed E-state index contributed by atoms with van der Waals surface area (Å²) in [7, 11) is 0. The van der Waals surface area contributed by atoms with Crippen LogP contribution in [-0.2, 0) is 0 Å². The number of hydrogen-bond acceptors (Lipinski definition) is 3. The Bertz CT molecular complexity index is 322. The van der Waals surface area contributed by atoms with Crippen LogP contribution in [0.1, 0.15) is 43.6 Å². The zero-order valence-electron chi connectivity index (χ0n) is 10.3. The molecule has 0 amide bonds. The highest BCUT2D eigenvalue weighted by Crippen LogP contribution is 2.32. The van der Waals surface area contributed by atoms with Gasteiger partial charge in [-0.1, -0.05) is 25.7 Å². The Morgan fingerprint density at radius 1 is 1.29 bits per heavy atom. The molecule has 0 bridgehead atoms. The van der Waals surface area contributed by atoms with E-state index in [0.29, 0.717) is 12.5 Å². The summed E-state index contributed by atoms with van der Waals surface area (Å²) in [6, 6.07) is 3.91. The number of rotatable bonds is 5. The summed E-state index contributed by atoms with van der Waals surface area (Å²) in [6.07, 6.45) is 9.28. The third-order valence-electron chi connectivity index (χ3n) is 3.90. The zero-order chi connectivity index (χ0) is 12.1. The fourth-order valence-electron chi connectivity index (χ4n) is 2.88. The van der Waals surface area contributed by atoms with Crippen molar-refractivity contribution in [3.05, 3.63) is 30.1 Å². The fraction of sp³-hybridized carbons (Fsp3) is 0.643. The minimum atomic E-state index is -0.314. The van der Waals surface area contributed by atoms with Gasteiger partial charge in [0.25, 0.3) is 0 Å². The van der Waals surface area contributed by atoms with Crippen LogP contribution in [0, 0.1) is 5.92 Å². The van der Waals surface area contributed by atoms with E-state index in [1.165, 1.54) is 25.7 Å². The Morgan fingerprint density at radius 3 is 2.53 bits per heavy atom. The van der Waals surface area contributed by atoms with Crippen LogP contribution >= 0.6 is 0 Å². The molecule has 1 aliphatic carbocycles. The Labute approximate surface area is 103 Å². The lowest BCUT2D eigenvalue weighted by Gasteiger charge is -2.24. The van der Waals surface area contributed by atoms with Crippen LogP contribution in [0.4, 0.5) is 0 Å². The molecule has 3 heteroatoms. The summed E-state index contributed by atoms with van der Waals surface area (Å²) >= 11 is 0. The second-order valence-electron chi connectivity index (χ2n) is 5.08. The molecule has 0 spiro atoms. The lowest BCUT2D eigenvalue weighted by Crippen LogP contribution is -2.27. The lowest BCUT2D eigenvalue weighted by molar-refractivity contribution is 0.116. The van der Waals surface area contributed by atoms with Crippen molar-refractivity contribution in [3.63, 3.8) is 0 Å². The summed E-state index contributed by atoms with van der Waals surface area (Å²) in [5, 5.41) is 10.3. The van der Waals surface area contributed by atoms with E-state index in [-0.39, 0.29) is 12.0 Å². The lowest BCUT2D eigenvalue weighted by atomic mass is 9.87. The summed E-state index contributed by atoms with van der Waals surface area (Å²) in [6.45, 7) is 0.498. The molecule has 1 aromatic rings. The van der Waals surface area contributed by atoms with Crippen molar-refractivity contribution in [1.29, 1.82) is 0 Å². The molecule has 1 saturated carbocycles. The molecule has 0 radical (unpaired) electrons. The third-order valence-corrected chi connectivity index (χ3v) is 3.90. The monoisotopic (exact) mass is 234 g/mol. The molecule has 2 unspecified atom stereocenters. The van der Waals surface area contributed by atoms with Crippen LogP contribution in [0.3, 0.4) is 0 Å². The topological polar surface area (TPSA) is 59.1 Å². The van der Waals surface area contributed by atoms with Crippen LogP contribution in [-0.4, -0.2) is 22.7 Å². The van der Waals surface area contributed by atoms with Gasteiger partial charge in [-0.05, 0) is 30.0 Å². The van der Waals surface area contributed by atoms with E-state index in [1.54, 1.807) is 12.4 Å². The van der Waals surface area contributed by atoms with Crippen LogP contribution in [0.5, 0.6) is 0 Å². The fourth-order valence-corrected chi connectivity index (χ4v) is 2.88. The molecule has 2 rings (SSSR count). The minimum Gasteiger partial charge on any atom is -0.392 e. The van der Waals surface area contributed by atoms with E-state index in [9.17, 15) is 5.11 Å². The molecule has 1 aromatic heterocycles. The van der Waals surface area contributed by atoms with Gasteiger partial charge in [-0.15, -0.1) is 0 Å². The summed E-state index contributed by atoms with van der Waals surface area (Å²) in [5.74, 6) is 0.750. The Kier molecular flexibility index (Phi) is 4.51. The standard InChI is InChI=1S/C14H22N2O/c15-10-13(12-5-7-16-8-6-12)14(17)9-11-3-1-2-4-11/h5-8,11,13-14,17H,1-4,9-10,15H2. The summed E-state index contributed by atoms with van der Waals surface area (Å²) in [5.41, 5.74) is 6.90. The molecular weight excluding hydrogens is 212 g/mol. The molecule has 17 heavy (non-hydrogen) atoms. The predicted octanol–water partition coefficient (Wildman–Crippen LogP) is 2.07. The normalized spacial score (nSPS) is 20.4. The van der Waals surface area contributed by atoms with E-state index in [2.05, 4.69) is 4.98 Å². The number of nitrogens with two attached hydrogens (primary N) is 1. The van der Waals surface area contributed by atoms with Crippen LogP contribution in [0.25, 0.3) is 0 Å². The second-order valence-corrected chi connectivity index (χ2v) is 5.08. The number of hydrogen-bond donors (Lipinski definition) is 2. The van der Waals surface area contributed by atoms with E-state index in [0.717, 1.165) is 12.0 Å². The van der Waals surface area contributed by atoms with Crippen LogP contribution < -0.4 is 5.73 Å². The van der Waals surface area contributed by atoms with Crippen molar-refractivity contribution in [3.8, 4) is 0 Å². The second kappa shape index (κ2) is 6.12. The Balaban J connectivity index is 1.97. The van der Waals surface area contributed by atoms with Gasteiger partial charge in [0.2, 0.25) is 0 Å². The maximum atomic E-state index is 10.3. The van der Waals surface area contributed by atoms with Gasteiger partial charge in [-0.2, -0.15) is 0 Å². The van der Waals surface area contributed by atoms with Crippen molar-refractivity contribution >= 4 is 0 Å². The van der Waals surface area contributed by atoms with E-state index < -0.39 is 0 Å². The largest absolute Gasteiger partial charge is 0.392 e. The smallest absolute Gasteiger partial charge is 0.0623 e. The van der Waals surface area contributed by atoms with Crippen molar-refractivity contribution in [2.24, 2.45) is 11.7 Å². The first kappa shape index (κ1) is 12.5. The average Bonchev–Trinajstić information content (AvgIpc) is 2.84. The van der Waals surface area contributed by atoms with Crippen LogP contribution in [0.2, 0.25) is 0 Å². The van der Waals surface area contributed by atoms with Gasteiger partial charge >= 0.3 is 0 Å². The Hall–Kier alpha value is -0.930. The van der Waals surface area contributed by atoms with E-state index in [4.69, 9.17) is 5.73 Å². The molecule has 0 saturated heterocycles. The maximum Gasteiger partial charge on any atom is 0.0623 e. The molecule has 0 aromatic carbocycles. The highest BCUT2D eigenvalue weighted by atomic mass is 16.3. The zero-order valence-corrected chi connectivity index (χ0v) is 10.3. The molecule has 94 valence electrons. The highest BCUT2D eigenvalue weighted by Gasteiger charge is 2.25.